The minimum absolute atomic E-state index is 0.0630. The Bertz CT molecular complexity index is 971. The van der Waals surface area contributed by atoms with E-state index in [1.165, 1.54) is 24.0 Å². The molecule has 1 amide bonds. The molecule has 1 aliphatic rings. The number of amides is 1. The van der Waals surface area contributed by atoms with Gasteiger partial charge >= 0.3 is 0 Å². The van der Waals surface area contributed by atoms with Crippen LogP contribution in [0, 0.1) is 19.7 Å². The van der Waals surface area contributed by atoms with E-state index < -0.39 is 11.9 Å². The molecular formula is C20H22ClFN4O3. The van der Waals surface area contributed by atoms with Crippen molar-refractivity contribution in [3.05, 3.63) is 57.5 Å². The molecule has 1 atom stereocenters. The molecule has 0 saturated carbocycles. The Morgan fingerprint density at radius 1 is 1.34 bits per heavy atom. The molecule has 7 nitrogen and oxygen atoms in total. The summed E-state index contributed by atoms with van der Waals surface area (Å²) in [5, 5.41) is 9.91. The van der Waals surface area contributed by atoms with Crippen molar-refractivity contribution in [3.8, 4) is 5.75 Å². The highest BCUT2D eigenvalue weighted by molar-refractivity contribution is 6.31. The van der Waals surface area contributed by atoms with Crippen molar-refractivity contribution in [2.45, 2.75) is 26.9 Å². The predicted molar refractivity (Wildman–Crippen MR) is 107 cm³/mol. The second-order valence-electron chi connectivity index (χ2n) is 7.00. The number of benzene rings is 1. The summed E-state index contributed by atoms with van der Waals surface area (Å²) in [5.41, 5.74) is 8.74. The lowest BCUT2D eigenvalue weighted by Crippen LogP contribution is -2.30. The van der Waals surface area contributed by atoms with Gasteiger partial charge in [0.25, 0.3) is 5.91 Å². The molecule has 0 aliphatic carbocycles. The molecule has 29 heavy (non-hydrogen) atoms. The van der Waals surface area contributed by atoms with Crippen LogP contribution >= 0.6 is 11.6 Å². The average Bonchev–Trinajstić information content (AvgIpc) is 3.05. The molecular weight excluding hydrogens is 399 g/mol. The number of aliphatic hydroxyl groups excluding tert-OH is 1. The molecule has 0 bridgehead atoms. The number of ether oxygens (including phenoxy) is 1. The molecule has 0 saturated heterocycles. The number of aromatic nitrogens is 2. The number of hydrogen-bond donors (Lipinski definition) is 2. The molecule has 3 rings (SSSR count). The standard InChI is InChI=1S/C20H22ClFN4O3/c1-10(27)9-29-17-6-13(22)4-5-14(17)20(28)26-7-15(16(23)8-26)19-24-11(2)18(21)12(3)25-19/h4-6,10,27H,7-9,23H2,1-3H3. The number of hydrogen-bond acceptors (Lipinski definition) is 6. The lowest BCUT2D eigenvalue weighted by molar-refractivity contribution is 0.0786. The lowest BCUT2D eigenvalue weighted by atomic mass is 10.1. The van der Waals surface area contributed by atoms with E-state index in [0.29, 0.717) is 33.5 Å². The van der Waals surface area contributed by atoms with Crippen molar-refractivity contribution in [2.24, 2.45) is 5.73 Å². The molecule has 154 valence electrons. The normalized spacial score (nSPS) is 15.0. The SMILES string of the molecule is Cc1nc(C2=C(N)CN(C(=O)c3ccc(F)cc3OCC(C)O)C2)nc(C)c1Cl. The van der Waals surface area contributed by atoms with Crippen LogP contribution in [0.4, 0.5) is 4.39 Å². The van der Waals surface area contributed by atoms with E-state index in [1.807, 2.05) is 0 Å². The molecule has 1 aromatic carbocycles. The fourth-order valence-electron chi connectivity index (χ4n) is 3.02. The fourth-order valence-corrected chi connectivity index (χ4v) is 3.10. The fraction of sp³-hybridized carbons (Fsp3) is 0.350. The Kier molecular flexibility index (Phi) is 6.04. The Hall–Kier alpha value is -2.71. The first-order valence-electron chi connectivity index (χ1n) is 9.05. The lowest BCUT2D eigenvalue weighted by Gasteiger charge is -2.19. The van der Waals surface area contributed by atoms with Crippen molar-refractivity contribution < 1.29 is 19.0 Å². The topological polar surface area (TPSA) is 102 Å². The molecule has 0 fully saturated rings. The number of nitrogens with zero attached hydrogens (tertiary/aromatic N) is 3. The molecule has 0 radical (unpaired) electrons. The summed E-state index contributed by atoms with van der Waals surface area (Å²) >= 11 is 6.13. The zero-order valence-corrected chi connectivity index (χ0v) is 17.1. The molecule has 9 heteroatoms. The monoisotopic (exact) mass is 420 g/mol. The van der Waals surface area contributed by atoms with Crippen LogP contribution in [0.2, 0.25) is 5.02 Å². The van der Waals surface area contributed by atoms with Crippen molar-refractivity contribution in [1.82, 2.24) is 14.9 Å². The molecule has 2 aromatic rings. The first-order chi connectivity index (χ1) is 13.7. The number of aryl methyl sites for hydroxylation is 2. The van der Waals surface area contributed by atoms with Crippen molar-refractivity contribution in [2.75, 3.05) is 19.7 Å². The number of carbonyl (C=O) groups is 1. The largest absolute Gasteiger partial charge is 0.490 e. The van der Waals surface area contributed by atoms with Crippen LogP contribution in [0.15, 0.2) is 23.9 Å². The Morgan fingerprint density at radius 3 is 2.62 bits per heavy atom. The van der Waals surface area contributed by atoms with Gasteiger partial charge in [0, 0.05) is 17.3 Å². The van der Waals surface area contributed by atoms with E-state index >= 15 is 0 Å². The van der Waals surface area contributed by atoms with Crippen LogP contribution < -0.4 is 10.5 Å². The van der Waals surface area contributed by atoms with Gasteiger partial charge in [-0.2, -0.15) is 0 Å². The number of halogens is 2. The zero-order chi connectivity index (χ0) is 21.3. The van der Waals surface area contributed by atoms with Gasteiger partial charge in [-0.25, -0.2) is 14.4 Å². The van der Waals surface area contributed by atoms with Crippen LogP contribution in [0.25, 0.3) is 5.57 Å². The third-order valence-electron chi connectivity index (χ3n) is 4.49. The van der Waals surface area contributed by atoms with Crippen molar-refractivity contribution in [3.63, 3.8) is 0 Å². The van der Waals surface area contributed by atoms with Crippen LogP contribution in [0.3, 0.4) is 0 Å². The van der Waals surface area contributed by atoms with Gasteiger partial charge in [-0.1, -0.05) is 11.6 Å². The number of nitrogens with two attached hydrogens (primary N) is 1. The minimum atomic E-state index is -0.759. The molecule has 2 heterocycles. The summed E-state index contributed by atoms with van der Waals surface area (Å²) < 4.78 is 19.1. The van der Waals surface area contributed by atoms with Crippen molar-refractivity contribution >= 4 is 23.1 Å². The summed E-state index contributed by atoms with van der Waals surface area (Å²) in [6.45, 7) is 5.42. The molecule has 3 N–H and O–H groups in total. The van der Waals surface area contributed by atoms with Gasteiger partial charge in [-0.05, 0) is 32.9 Å². The van der Waals surface area contributed by atoms with Gasteiger partial charge in [0.05, 0.1) is 41.2 Å². The van der Waals surface area contributed by atoms with E-state index in [2.05, 4.69) is 9.97 Å². The quantitative estimate of drug-likeness (QED) is 0.770. The van der Waals surface area contributed by atoms with Crippen LogP contribution in [0.1, 0.15) is 34.5 Å². The summed E-state index contributed by atoms with van der Waals surface area (Å²) in [7, 11) is 0. The van der Waals surface area contributed by atoms with Gasteiger partial charge in [0.1, 0.15) is 18.2 Å². The van der Waals surface area contributed by atoms with E-state index in [1.54, 1.807) is 13.8 Å². The van der Waals surface area contributed by atoms with E-state index in [-0.39, 0.29) is 36.9 Å². The molecule has 1 aliphatic heterocycles. The second-order valence-corrected chi connectivity index (χ2v) is 7.38. The second kappa shape index (κ2) is 8.34. The van der Waals surface area contributed by atoms with Gasteiger partial charge in [0.2, 0.25) is 0 Å². The maximum absolute atomic E-state index is 13.6. The highest BCUT2D eigenvalue weighted by Crippen LogP contribution is 2.28. The number of aliphatic hydroxyl groups is 1. The first kappa shape index (κ1) is 21.0. The Balaban J connectivity index is 1.85. The number of rotatable bonds is 5. The summed E-state index contributed by atoms with van der Waals surface area (Å²) in [4.78, 5) is 23.3. The first-order valence-corrected chi connectivity index (χ1v) is 9.43. The van der Waals surface area contributed by atoms with Crippen molar-refractivity contribution in [1.29, 1.82) is 0 Å². The van der Waals surface area contributed by atoms with Gasteiger partial charge in [-0.15, -0.1) is 0 Å². The van der Waals surface area contributed by atoms with E-state index in [9.17, 15) is 14.3 Å². The summed E-state index contributed by atoms with van der Waals surface area (Å²) in [6, 6.07) is 3.67. The van der Waals surface area contributed by atoms with Crippen LogP contribution in [-0.2, 0) is 0 Å². The maximum atomic E-state index is 13.6. The molecule has 0 spiro atoms. The molecule has 1 aromatic heterocycles. The van der Waals surface area contributed by atoms with Gasteiger partial charge in [0.15, 0.2) is 5.82 Å². The zero-order valence-electron chi connectivity index (χ0n) is 16.4. The van der Waals surface area contributed by atoms with Crippen LogP contribution in [-0.4, -0.2) is 51.7 Å². The Labute approximate surface area is 173 Å². The average molecular weight is 421 g/mol. The predicted octanol–water partition coefficient (Wildman–Crippen LogP) is 2.47. The Morgan fingerprint density at radius 2 is 2.00 bits per heavy atom. The third kappa shape index (κ3) is 4.49. The highest BCUT2D eigenvalue weighted by Gasteiger charge is 2.29. The van der Waals surface area contributed by atoms with Gasteiger partial charge < -0.3 is 20.5 Å². The number of carbonyl (C=O) groups excluding carboxylic acids is 1. The smallest absolute Gasteiger partial charge is 0.258 e. The van der Waals surface area contributed by atoms with E-state index in [4.69, 9.17) is 22.1 Å². The third-order valence-corrected chi connectivity index (χ3v) is 5.04. The maximum Gasteiger partial charge on any atom is 0.258 e. The summed E-state index contributed by atoms with van der Waals surface area (Å²) in [6.07, 6.45) is -0.759. The van der Waals surface area contributed by atoms with E-state index in [0.717, 1.165) is 6.07 Å². The minimum Gasteiger partial charge on any atom is -0.490 e. The van der Waals surface area contributed by atoms with Gasteiger partial charge in [-0.3, -0.25) is 4.79 Å². The van der Waals surface area contributed by atoms with Crippen LogP contribution in [0.5, 0.6) is 5.75 Å². The summed E-state index contributed by atoms with van der Waals surface area (Å²) in [5.74, 6) is -0.410. The highest BCUT2D eigenvalue weighted by atomic mass is 35.5. The molecule has 1 unspecified atom stereocenters.